The van der Waals surface area contributed by atoms with Crippen molar-refractivity contribution < 1.29 is 4.39 Å². The second kappa shape index (κ2) is 4.95. The SMILES string of the molecule is CCC(N)(CC)Cc1ccc(F)cc1Cl. The number of halogens is 2. The molecule has 2 N–H and O–H groups in total. The van der Waals surface area contributed by atoms with E-state index < -0.39 is 0 Å². The molecule has 0 atom stereocenters. The van der Waals surface area contributed by atoms with Crippen LogP contribution in [0.2, 0.25) is 5.02 Å². The van der Waals surface area contributed by atoms with E-state index in [1.54, 1.807) is 6.07 Å². The molecular formula is C12H17ClFN. The van der Waals surface area contributed by atoms with Crippen molar-refractivity contribution in [1.82, 2.24) is 0 Å². The monoisotopic (exact) mass is 229 g/mol. The van der Waals surface area contributed by atoms with E-state index in [2.05, 4.69) is 13.8 Å². The summed E-state index contributed by atoms with van der Waals surface area (Å²) in [5, 5.41) is 0.465. The molecule has 1 aromatic rings. The van der Waals surface area contributed by atoms with Gasteiger partial charge in [0.05, 0.1) is 0 Å². The molecule has 0 aromatic heterocycles. The first-order chi connectivity index (χ1) is 7.00. The van der Waals surface area contributed by atoms with Gasteiger partial charge in [-0.25, -0.2) is 4.39 Å². The average molecular weight is 230 g/mol. The van der Waals surface area contributed by atoms with E-state index in [-0.39, 0.29) is 11.4 Å². The summed E-state index contributed by atoms with van der Waals surface area (Å²) >= 11 is 5.95. The van der Waals surface area contributed by atoms with Gasteiger partial charge in [-0.05, 0) is 37.0 Å². The van der Waals surface area contributed by atoms with Crippen LogP contribution >= 0.6 is 11.6 Å². The van der Waals surface area contributed by atoms with Gasteiger partial charge in [0.15, 0.2) is 0 Å². The summed E-state index contributed by atoms with van der Waals surface area (Å²) in [6.07, 6.45) is 2.47. The average Bonchev–Trinajstić information content (AvgIpc) is 2.22. The lowest BCUT2D eigenvalue weighted by Gasteiger charge is -2.27. The largest absolute Gasteiger partial charge is 0.325 e. The molecule has 0 bridgehead atoms. The van der Waals surface area contributed by atoms with Gasteiger partial charge in [0.1, 0.15) is 5.82 Å². The molecule has 0 fully saturated rings. The third kappa shape index (κ3) is 3.18. The smallest absolute Gasteiger partial charge is 0.124 e. The highest BCUT2D eigenvalue weighted by Crippen LogP contribution is 2.24. The van der Waals surface area contributed by atoms with Crippen LogP contribution in [-0.2, 0) is 6.42 Å². The summed E-state index contributed by atoms with van der Waals surface area (Å²) in [4.78, 5) is 0. The highest BCUT2D eigenvalue weighted by molar-refractivity contribution is 6.31. The zero-order chi connectivity index (χ0) is 11.5. The summed E-state index contributed by atoms with van der Waals surface area (Å²) in [5.41, 5.74) is 6.87. The number of hydrogen-bond donors (Lipinski definition) is 1. The van der Waals surface area contributed by atoms with Crippen molar-refractivity contribution in [3.8, 4) is 0 Å². The summed E-state index contributed by atoms with van der Waals surface area (Å²) in [6, 6.07) is 4.47. The van der Waals surface area contributed by atoms with Crippen molar-refractivity contribution in [1.29, 1.82) is 0 Å². The Labute approximate surface area is 95.4 Å². The molecule has 0 saturated heterocycles. The Balaban J connectivity index is 2.89. The number of nitrogens with two attached hydrogens (primary N) is 1. The van der Waals surface area contributed by atoms with Crippen molar-refractivity contribution in [3.05, 3.63) is 34.6 Å². The van der Waals surface area contributed by atoms with Crippen LogP contribution < -0.4 is 5.73 Å². The van der Waals surface area contributed by atoms with Crippen molar-refractivity contribution in [2.24, 2.45) is 5.73 Å². The molecule has 0 spiro atoms. The maximum atomic E-state index is 12.8. The van der Waals surface area contributed by atoms with Gasteiger partial charge < -0.3 is 5.73 Å². The molecule has 0 aliphatic rings. The molecule has 0 aliphatic carbocycles. The molecule has 1 nitrogen and oxygen atoms in total. The maximum Gasteiger partial charge on any atom is 0.124 e. The number of rotatable bonds is 4. The Morgan fingerprint density at radius 3 is 2.40 bits per heavy atom. The van der Waals surface area contributed by atoms with Crippen LogP contribution in [0.25, 0.3) is 0 Å². The summed E-state index contributed by atoms with van der Waals surface area (Å²) in [6.45, 7) is 4.11. The lowest BCUT2D eigenvalue weighted by Crippen LogP contribution is -2.40. The first kappa shape index (κ1) is 12.5. The molecule has 0 heterocycles. The zero-order valence-corrected chi connectivity index (χ0v) is 9.94. The lowest BCUT2D eigenvalue weighted by molar-refractivity contribution is 0.393. The minimum absolute atomic E-state index is 0.235. The van der Waals surface area contributed by atoms with E-state index in [1.165, 1.54) is 12.1 Å². The van der Waals surface area contributed by atoms with Gasteiger partial charge in [-0.1, -0.05) is 31.5 Å². The minimum atomic E-state index is -0.306. The molecule has 0 saturated carbocycles. The topological polar surface area (TPSA) is 26.0 Å². The molecule has 15 heavy (non-hydrogen) atoms. The normalized spacial score (nSPS) is 11.8. The molecule has 0 unspecified atom stereocenters. The summed E-state index contributed by atoms with van der Waals surface area (Å²) in [7, 11) is 0. The van der Waals surface area contributed by atoms with Gasteiger partial charge in [0, 0.05) is 10.6 Å². The van der Waals surface area contributed by atoms with Crippen LogP contribution in [0.1, 0.15) is 32.3 Å². The summed E-state index contributed by atoms with van der Waals surface area (Å²) < 4.78 is 12.8. The van der Waals surface area contributed by atoms with Crippen LogP contribution in [0.5, 0.6) is 0 Å². The van der Waals surface area contributed by atoms with Gasteiger partial charge in [-0.15, -0.1) is 0 Å². The van der Waals surface area contributed by atoms with E-state index in [1.807, 2.05) is 0 Å². The molecule has 0 amide bonds. The fourth-order valence-corrected chi connectivity index (χ4v) is 1.78. The van der Waals surface area contributed by atoms with Crippen LogP contribution in [0.4, 0.5) is 4.39 Å². The van der Waals surface area contributed by atoms with Crippen LogP contribution in [0.15, 0.2) is 18.2 Å². The Hall–Kier alpha value is -0.600. The van der Waals surface area contributed by atoms with Gasteiger partial charge in [-0.2, -0.15) is 0 Å². The predicted molar refractivity (Wildman–Crippen MR) is 62.6 cm³/mol. The zero-order valence-electron chi connectivity index (χ0n) is 9.19. The molecule has 0 aliphatic heterocycles. The van der Waals surface area contributed by atoms with E-state index in [9.17, 15) is 4.39 Å². The van der Waals surface area contributed by atoms with Gasteiger partial charge >= 0.3 is 0 Å². The summed E-state index contributed by atoms with van der Waals surface area (Å²) in [5.74, 6) is -0.306. The fraction of sp³-hybridized carbons (Fsp3) is 0.500. The second-order valence-electron chi connectivity index (χ2n) is 3.98. The third-order valence-corrected chi connectivity index (χ3v) is 3.32. The lowest BCUT2D eigenvalue weighted by atomic mass is 9.87. The van der Waals surface area contributed by atoms with E-state index in [0.29, 0.717) is 11.4 Å². The Morgan fingerprint density at radius 2 is 1.93 bits per heavy atom. The van der Waals surface area contributed by atoms with Crippen molar-refractivity contribution in [2.75, 3.05) is 0 Å². The van der Waals surface area contributed by atoms with Crippen LogP contribution in [-0.4, -0.2) is 5.54 Å². The van der Waals surface area contributed by atoms with Crippen molar-refractivity contribution in [3.63, 3.8) is 0 Å². The highest BCUT2D eigenvalue weighted by atomic mass is 35.5. The molecule has 84 valence electrons. The molecule has 0 radical (unpaired) electrons. The van der Waals surface area contributed by atoms with E-state index >= 15 is 0 Å². The van der Waals surface area contributed by atoms with E-state index in [0.717, 1.165) is 18.4 Å². The standard InChI is InChI=1S/C12H17ClFN/c1-3-12(15,4-2)8-9-5-6-10(14)7-11(9)13/h5-7H,3-4,8,15H2,1-2H3. The van der Waals surface area contributed by atoms with Gasteiger partial charge in [-0.3, -0.25) is 0 Å². The van der Waals surface area contributed by atoms with Crippen LogP contribution in [0, 0.1) is 5.82 Å². The number of benzene rings is 1. The Morgan fingerprint density at radius 1 is 1.33 bits per heavy atom. The van der Waals surface area contributed by atoms with E-state index in [4.69, 9.17) is 17.3 Å². The predicted octanol–water partition coefficient (Wildman–Crippen LogP) is 3.54. The molecule has 3 heteroatoms. The molecule has 1 aromatic carbocycles. The second-order valence-corrected chi connectivity index (χ2v) is 4.39. The maximum absolute atomic E-state index is 12.8. The van der Waals surface area contributed by atoms with Crippen LogP contribution in [0.3, 0.4) is 0 Å². The first-order valence-electron chi connectivity index (χ1n) is 5.23. The first-order valence-corrected chi connectivity index (χ1v) is 5.61. The van der Waals surface area contributed by atoms with Crippen molar-refractivity contribution >= 4 is 11.6 Å². The quantitative estimate of drug-likeness (QED) is 0.840. The number of hydrogen-bond acceptors (Lipinski definition) is 1. The highest BCUT2D eigenvalue weighted by Gasteiger charge is 2.21. The van der Waals surface area contributed by atoms with Gasteiger partial charge in [0.25, 0.3) is 0 Å². The molecule has 1 rings (SSSR count). The Bertz CT molecular complexity index is 334. The molecular weight excluding hydrogens is 213 g/mol. The fourth-order valence-electron chi connectivity index (χ4n) is 1.54. The Kier molecular flexibility index (Phi) is 4.12. The van der Waals surface area contributed by atoms with Gasteiger partial charge in [0.2, 0.25) is 0 Å². The minimum Gasteiger partial charge on any atom is -0.325 e. The third-order valence-electron chi connectivity index (χ3n) is 2.97. The van der Waals surface area contributed by atoms with Crippen molar-refractivity contribution in [2.45, 2.75) is 38.6 Å².